The van der Waals surface area contributed by atoms with Gasteiger partial charge in [-0.3, -0.25) is 10.0 Å². The van der Waals surface area contributed by atoms with E-state index in [2.05, 4.69) is 4.74 Å². The Hall–Kier alpha value is -3.32. The minimum absolute atomic E-state index is 0.0187. The first kappa shape index (κ1) is 19.4. The molecule has 0 fully saturated rings. The lowest BCUT2D eigenvalue weighted by Gasteiger charge is -2.21. The number of hydrogen-bond acceptors (Lipinski definition) is 3. The van der Waals surface area contributed by atoms with E-state index in [-0.39, 0.29) is 5.56 Å². The van der Waals surface area contributed by atoms with E-state index in [0.717, 1.165) is 0 Å². The normalized spacial score (nSPS) is 12.3. The summed E-state index contributed by atoms with van der Waals surface area (Å²) in [6.07, 6.45) is -4.94. The highest BCUT2D eigenvalue weighted by molar-refractivity contribution is 5.87. The van der Waals surface area contributed by atoms with E-state index < -0.39 is 23.9 Å². The third-order valence-corrected chi connectivity index (χ3v) is 4.16. The van der Waals surface area contributed by atoms with E-state index in [1.54, 1.807) is 66.7 Å². The smallest absolute Gasteiger partial charge is 0.405 e. The summed E-state index contributed by atoms with van der Waals surface area (Å²) < 4.78 is 43.3. The van der Waals surface area contributed by atoms with Gasteiger partial charge in [0.1, 0.15) is 5.75 Å². The van der Waals surface area contributed by atoms with Crippen molar-refractivity contribution < 1.29 is 27.9 Å². The minimum atomic E-state index is -4.94. The van der Waals surface area contributed by atoms with E-state index in [1.165, 1.54) is 17.6 Å². The van der Waals surface area contributed by atoms with Crippen LogP contribution in [0.15, 0.2) is 78.9 Å². The lowest BCUT2D eigenvalue weighted by atomic mass is 9.88. The average molecular weight is 387 g/mol. The molecule has 0 aliphatic rings. The molecule has 2 N–H and O–H groups in total. The number of alkyl halides is 3. The van der Waals surface area contributed by atoms with Crippen LogP contribution in [0, 0.1) is 0 Å². The molecule has 0 aromatic heterocycles. The van der Waals surface area contributed by atoms with E-state index in [0.29, 0.717) is 16.7 Å². The highest BCUT2D eigenvalue weighted by Gasteiger charge is 2.35. The fourth-order valence-corrected chi connectivity index (χ4v) is 2.98. The second-order valence-corrected chi connectivity index (χ2v) is 5.99. The maximum atomic E-state index is 13.0. The first-order chi connectivity index (χ1) is 13.4. The van der Waals surface area contributed by atoms with Gasteiger partial charge in [0.05, 0.1) is 5.92 Å². The van der Waals surface area contributed by atoms with Gasteiger partial charge in [0.15, 0.2) is 0 Å². The van der Waals surface area contributed by atoms with Crippen LogP contribution in [-0.4, -0.2) is 17.5 Å². The van der Waals surface area contributed by atoms with Crippen LogP contribution in [0.1, 0.15) is 17.0 Å². The molecule has 1 atom stereocenters. The van der Waals surface area contributed by atoms with Gasteiger partial charge in [-0.15, -0.1) is 13.2 Å². The maximum Gasteiger partial charge on any atom is 0.573 e. The molecule has 0 radical (unpaired) electrons. The number of halogens is 3. The number of hydroxylamine groups is 1. The second kappa shape index (κ2) is 8.14. The van der Waals surface area contributed by atoms with E-state index in [9.17, 15) is 18.0 Å². The van der Waals surface area contributed by atoms with Crippen molar-refractivity contribution >= 4 is 5.91 Å². The summed E-state index contributed by atoms with van der Waals surface area (Å²) in [7, 11) is 0. The standard InChI is InChI=1S/C21H16F3NO3/c22-21(23,24)28-18-13-16(14-7-3-1-4-8-14)11-12-17(18)19(20(26)25-27)15-9-5-2-6-10-15/h1-13,19,27H,(H,25,26). The van der Waals surface area contributed by atoms with Gasteiger partial charge in [-0.1, -0.05) is 72.8 Å². The summed E-state index contributed by atoms with van der Waals surface area (Å²) in [6, 6.07) is 21.2. The van der Waals surface area contributed by atoms with Gasteiger partial charge in [0, 0.05) is 5.56 Å². The van der Waals surface area contributed by atoms with Crippen molar-refractivity contribution in [2.45, 2.75) is 12.3 Å². The van der Waals surface area contributed by atoms with Gasteiger partial charge in [-0.05, 0) is 22.8 Å². The molecule has 4 nitrogen and oxygen atoms in total. The molecule has 1 unspecified atom stereocenters. The summed E-state index contributed by atoms with van der Waals surface area (Å²) in [5.41, 5.74) is 3.11. The number of ether oxygens (including phenoxy) is 1. The fraction of sp³-hybridized carbons (Fsp3) is 0.0952. The lowest BCUT2D eigenvalue weighted by Crippen LogP contribution is -2.28. The van der Waals surface area contributed by atoms with Crippen LogP contribution >= 0.6 is 0 Å². The van der Waals surface area contributed by atoms with Crippen LogP contribution in [0.4, 0.5) is 13.2 Å². The Bertz CT molecular complexity index is 944. The molecular weight excluding hydrogens is 371 g/mol. The fourth-order valence-electron chi connectivity index (χ4n) is 2.98. The summed E-state index contributed by atoms with van der Waals surface area (Å²) in [5.74, 6) is -2.56. The molecule has 7 heteroatoms. The van der Waals surface area contributed by atoms with Gasteiger partial charge >= 0.3 is 6.36 Å². The first-order valence-electron chi connectivity index (χ1n) is 8.33. The topological polar surface area (TPSA) is 58.6 Å². The zero-order valence-electron chi connectivity index (χ0n) is 14.5. The Balaban J connectivity index is 2.15. The van der Waals surface area contributed by atoms with Crippen LogP contribution in [0.3, 0.4) is 0 Å². The summed E-state index contributed by atoms with van der Waals surface area (Å²) >= 11 is 0. The molecule has 3 rings (SSSR count). The van der Waals surface area contributed by atoms with Gasteiger partial charge < -0.3 is 4.74 Å². The van der Waals surface area contributed by atoms with Gasteiger partial charge in [0.2, 0.25) is 0 Å². The Morgan fingerprint density at radius 1 is 0.893 bits per heavy atom. The van der Waals surface area contributed by atoms with Crippen LogP contribution in [0.2, 0.25) is 0 Å². The number of hydrogen-bond donors (Lipinski definition) is 2. The molecule has 1 amide bonds. The molecule has 28 heavy (non-hydrogen) atoms. The number of rotatable bonds is 5. The predicted molar refractivity (Wildman–Crippen MR) is 96.8 cm³/mol. The van der Waals surface area contributed by atoms with Crippen molar-refractivity contribution in [3.63, 3.8) is 0 Å². The van der Waals surface area contributed by atoms with Crippen LogP contribution < -0.4 is 10.2 Å². The first-order valence-corrected chi connectivity index (χ1v) is 8.33. The second-order valence-electron chi connectivity index (χ2n) is 5.99. The molecule has 0 aliphatic heterocycles. The zero-order valence-corrected chi connectivity index (χ0v) is 14.5. The van der Waals surface area contributed by atoms with Crippen molar-refractivity contribution in [2.24, 2.45) is 0 Å². The summed E-state index contributed by atoms with van der Waals surface area (Å²) in [6.45, 7) is 0. The van der Waals surface area contributed by atoms with E-state index >= 15 is 0 Å². The summed E-state index contributed by atoms with van der Waals surface area (Å²) in [4.78, 5) is 12.3. The van der Waals surface area contributed by atoms with Crippen molar-refractivity contribution in [1.82, 2.24) is 5.48 Å². The van der Waals surface area contributed by atoms with Crippen molar-refractivity contribution in [3.05, 3.63) is 90.0 Å². The van der Waals surface area contributed by atoms with Crippen molar-refractivity contribution in [3.8, 4) is 16.9 Å². The zero-order chi connectivity index (χ0) is 20.1. The molecule has 144 valence electrons. The number of amides is 1. The maximum absolute atomic E-state index is 13.0. The largest absolute Gasteiger partial charge is 0.573 e. The lowest BCUT2D eigenvalue weighted by molar-refractivity contribution is -0.274. The number of nitrogens with one attached hydrogen (secondary N) is 1. The summed E-state index contributed by atoms with van der Waals surface area (Å²) in [5, 5.41) is 9.12. The quantitative estimate of drug-likeness (QED) is 0.484. The van der Waals surface area contributed by atoms with Crippen molar-refractivity contribution in [1.29, 1.82) is 0 Å². The molecule has 0 bridgehead atoms. The molecule has 0 aliphatic carbocycles. The molecule has 0 heterocycles. The molecule has 0 saturated carbocycles. The van der Waals surface area contributed by atoms with Crippen LogP contribution in [-0.2, 0) is 4.79 Å². The molecule has 3 aromatic rings. The van der Waals surface area contributed by atoms with Crippen LogP contribution in [0.5, 0.6) is 5.75 Å². The molecular formula is C21H16F3NO3. The Labute approximate surface area is 159 Å². The van der Waals surface area contributed by atoms with Gasteiger partial charge in [0.25, 0.3) is 5.91 Å². The average Bonchev–Trinajstić information content (AvgIpc) is 2.69. The Kier molecular flexibility index (Phi) is 5.65. The van der Waals surface area contributed by atoms with Gasteiger partial charge in [-0.2, -0.15) is 0 Å². The number of carbonyl (C=O) groups is 1. The monoisotopic (exact) mass is 387 g/mol. The molecule has 0 spiro atoms. The minimum Gasteiger partial charge on any atom is -0.405 e. The molecule has 3 aromatic carbocycles. The predicted octanol–water partition coefficient (Wildman–Crippen LogP) is 4.89. The Morgan fingerprint density at radius 3 is 2.07 bits per heavy atom. The molecule has 0 saturated heterocycles. The van der Waals surface area contributed by atoms with Gasteiger partial charge in [-0.25, -0.2) is 5.48 Å². The Morgan fingerprint density at radius 2 is 1.50 bits per heavy atom. The number of benzene rings is 3. The van der Waals surface area contributed by atoms with Crippen LogP contribution in [0.25, 0.3) is 11.1 Å². The van der Waals surface area contributed by atoms with E-state index in [4.69, 9.17) is 5.21 Å². The van der Waals surface area contributed by atoms with Crippen molar-refractivity contribution in [2.75, 3.05) is 0 Å². The third kappa shape index (κ3) is 4.50. The highest BCUT2D eigenvalue weighted by Crippen LogP contribution is 2.38. The SMILES string of the molecule is O=C(NO)C(c1ccccc1)c1ccc(-c2ccccc2)cc1OC(F)(F)F. The number of carbonyl (C=O) groups excluding carboxylic acids is 1. The highest BCUT2D eigenvalue weighted by atomic mass is 19.4. The van der Waals surface area contributed by atoms with E-state index in [1.807, 2.05) is 0 Å². The third-order valence-electron chi connectivity index (χ3n) is 4.16.